The lowest BCUT2D eigenvalue weighted by Gasteiger charge is -2.26. The summed E-state index contributed by atoms with van der Waals surface area (Å²) in [5.41, 5.74) is 4.33. The van der Waals surface area contributed by atoms with Crippen molar-refractivity contribution in [3.05, 3.63) is 23.9 Å². The third-order valence-corrected chi connectivity index (χ3v) is 2.32. The summed E-state index contributed by atoms with van der Waals surface area (Å²) in [4.78, 5) is 3.87. The Bertz CT molecular complexity index is 374. The number of halogens is 3. The van der Waals surface area contributed by atoms with Crippen LogP contribution >= 0.6 is 0 Å². The second kappa shape index (κ2) is 4.91. The molecule has 1 aromatic rings. The van der Waals surface area contributed by atoms with Gasteiger partial charge in [0.2, 0.25) is 0 Å². The number of nitrogens with one attached hydrogen (secondary N) is 1. The van der Waals surface area contributed by atoms with Crippen LogP contribution in [-0.4, -0.2) is 17.1 Å². The third kappa shape index (κ3) is 4.22. The second-order valence-corrected chi connectivity index (χ2v) is 4.48. The summed E-state index contributed by atoms with van der Waals surface area (Å²) in [6.45, 7) is 4.18. The highest BCUT2D eigenvalue weighted by Gasteiger charge is 2.31. The Labute approximate surface area is 98.2 Å². The van der Waals surface area contributed by atoms with E-state index in [1.807, 2.05) is 13.8 Å². The standard InChI is InChI=1S/C11H16F3N3/c1-10(2,4-5-15)17-9-7-8(3-6-16-9)11(12,13)14/h3,6-7H,4-5,15H2,1-2H3,(H,16,17). The van der Waals surface area contributed by atoms with Gasteiger partial charge in [-0.3, -0.25) is 0 Å². The van der Waals surface area contributed by atoms with E-state index in [4.69, 9.17) is 5.73 Å². The summed E-state index contributed by atoms with van der Waals surface area (Å²) in [5.74, 6) is 0.207. The first-order chi connectivity index (χ1) is 7.74. The molecule has 0 aliphatic rings. The van der Waals surface area contributed by atoms with E-state index in [2.05, 4.69) is 10.3 Å². The largest absolute Gasteiger partial charge is 0.416 e. The number of pyridine rings is 1. The Morgan fingerprint density at radius 1 is 1.35 bits per heavy atom. The van der Waals surface area contributed by atoms with Crippen molar-refractivity contribution < 1.29 is 13.2 Å². The Morgan fingerprint density at radius 3 is 2.53 bits per heavy atom. The summed E-state index contributed by atoms with van der Waals surface area (Å²) in [6.07, 6.45) is -2.56. The van der Waals surface area contributed by atoms with E-state index < -0.39 is 11.7 Å². The molecule has 3 nitrogen and oxygen atoms in total. The first kappa shape index (κ1) is 13.8. The third-order valence-electron chi connectivity index (χ3n) is 2.32. The number of hydrogen-bond donors (Lipinski definition) is 2. The monoisotopic (exact) mass is 247 g/mol. The van der Waals surface area contributed by atoms with Gasteiger partial charge in [-0.1, -0.05) is 0 Å². The quantitative estimate of drug-likeness (QED) is 0.860. The highest BCUT2D eigenvalue weighted by molar-refractivity contribution is 5.40. The lowest BCUT2D eigenvalue weighted by Crippen LogP contribution is -2.33. The van der Waals surface area contributed by atoms with E-state index in [9.17, 15) is 13.2 Å². The van der Waals surface area contributed by atoms with Gasteiger partial charge in [-0.05, 0) is 38.9 Å². The van der Waals surface area contributed by atoms with Gasteiger partial charge >= 0.3 is 6.18 Å². The van der Waals surface area contributed by atoms with Crippen molar-refractivity contribution in [3.8, 4) is 0 Å². The van der Waals surface area contributed by atoms with E-state index in [1.54, 1.807) is 0 Å². The lowest BCUT2D eigenvalue weighted by molar-refractivity contribution is -0.137. The number of hydrogen-bond acceptors (Lipinski definition) is 3. The number of nitrogens with zero attached hydrogens (tertiary/aromatic N) is 1. The summed E-state index contributed by atoms with van der Waals surface area (Å²) >= 11 is 0. The van der Waals surface area contributed by atoms with Crippen molar-refractivity contribution in [1.82, 2.24) is 4.98 Å². The molecule has 3 N–H and O–H groups in total. The smallest absolute Gasteiger partial charge is 0.365 e. The van der Waals surface area contributed by atoms with Gasteiger partial charge < -0.3 is 11.1 Å². The molecule has 0 spiro atoms. The molecule has 6 heteroatoms. The average molecular weight is 247 g/mol. The van der Waals surface area contributed by atoms with Gasteiger partial charge in [0.05, 0.1) is 5.56 Å². The maximum absolute atomic E-state index is 12.5. The van der Waals surface area contributed by atoms with E-state index in [-0.39, 0.29) is 11.4 Å². The molecule has 0 saturated carbocycles. The zero-order valence-electron chi connectivity index (χ0n) is 9.80. The zero-order valence-corrected chi connectivity index (χ0v) is 9.80. The molecule has 0 atom stereocenters. The molecule has 0 amide bonds. The summed E-state index contributed by atoms with van der Waals surface area (Å²) < 4.78 is 37.4. The fourth-order valence-electron chi connectivity index (χ4n) is 1.45. The molecule has 96 valence electrons. The van der Waals surface area contributed by atoms with E-state index in [0.29, 0.717) is 13.0 Å². The van der Waals surface area contributed by atoms with Gasteiger partial charge in [0.25, 0.3) is 0 Å². The van der Waals surface area contributed by atoms with Crippen LogP contribution in [-0.2, 0) is 6.18 Å². The molecule has 0 aromatic carbocycles. The minimum Gasteiger partial charge on any atom is -0.365 e. The highest BCUT2D eigenvalue weighted by Crippen LogP contribution is 2.30. The van der Waals surface area contributed by atoms with E-state index >= 15 is 0 Å². The Kier molecular flexibility index (Phi) is 3.98. The van der Waals surface area contributed by atoms with E-state index in [1.165, 1.54) is 0 Å². The Hall–Kier alpha value is -1.30. The van der Waals surface area contributed by atoms with Crippen molar-refractivity contribution in [2.24, 2.45) is 5.73 Å². The molecule has 17 heavy (non-hydrogen) atoms. The van der Waals surface area contributed by atoms with Gasteiger partial charge in [-0.15, -0.1) is 0 Å². The van der Waals surface area contributed by atoms with Crippen LogP contribution in [0.3, 0.4) is 0 Å². The first-order valence-electron chi connectivity index (χ1n) is 5.26. The molecule has 0 radical (unpaired) electrons. The molecule has 0 fully saturated rings. The molecule has 0 aliphatic carbocycles. The van der Waals surface area contributed by atoms with Gasteiger partial charge in [0.1, 0.15) is 5.82 Å². The van der Waals surface area contributed by atoms with Crippen molar-refractivity contribution in [3.63, 3.8) is 0 Å². The minimum absolute atomic E-state index is 0.207. The van der Waals surface area contributed by atoms with Gasteiger partial charge in [0.15, 0.2) is 0 Å². The maximum Gasteiger partial charge on any atom is 0.416 e. The molecule has 0 aliphatic heterocycles. The van der Waals surface area contributed by atoms with Crippen molar-refractivity contribution in [2.75, 3.05) is 11.9 Å². The van der Waals surface area contributed by atoms with Crippen LogP contribution < -0.4 is 11.1 Å². The molecule has 0 bridgehead atoms. The molecule has 0 saturated heterocycles. The number of aromatic nitrogens is 1. The lowest BCUT2D eigenvalue weighted by atomic mass is 10.0. The van der Waals surface area contributed by atoms with Crippen molar-refractivity contribution in [1.29, 1.82) is 0 Å². The number of rotatable bonds is 4. The van der Waals surface area contributed by atoms with Crippen LogP contribution in [0.15, 0.2) is 18.3 Å². The first-order valence-corrected chi connectivity index (χ1v) is 5.26. The summed E-state index contributed by atoms with van der Waals surface area (Å²) in [5, 5.41) is 2.94. The van der Waals surface area contributed by atoms with Crippen LogP contribution in [0.25, 0.3) is 0 Å². The predicted molar refractivity (Wildman–Crippen MR) is 60.6 cm³/mol. The van der Waals surface area contributed by atoms with Gasteiger partial charge in [0, 0.05) is 11.7 Å². The average Bonchev–Trinajstić information content (AvgIpc) is 2.15. The van der Waals surface area contributed by atoms with Crippen LogP contribution in [0.2, 0.25) is 0 Å². The van der Waals surface area contributed by atoms with Crippen LogP contribution in [0.1, 0.15) is 25.8 Å². The predicted octanol–water partition coefficient (Wildman–Crippen LogP) is 2.64. The van der Waals surface area contributed by atoms with Crippen molar-refractivity contribution >= 4 is 5.82 Å². The second-order valence-electron chi connectivity index (χ2n) is 4.48. The topological polar surface area (TPSA) is 50.9 Å². The summed E-state index contributed by atoms with van der Waals surface area (Å²) in [7, 11) is 0. The number of anilines is 1. The molecule has 1 aromatic heterocycles. The normalized spacial score (nSPS) is 12.6. The number of alkyl halides is 3. The fourth-order valence-corrected chi connectivity index (χ4v) is 1.45. The van der Waals surface area contributed by atoms with Gasteiger partial charge in [-0.2, -0.15) is 13.2 Å². The van der Waals surface area contributed by atoms with Crippen molar-refractivity contribution in [2.45, 2.75) is 32.0 Å². The van der Waals surface area contributed by atoms with Crippen LogP contribution in [0.5, 0.6) is 0 Å². The highest BCUT2D eigenvalue weighted by atomic mass is 19.4. The maximum atomic E-state index is 12.5. The summed E-state index contributed by atoms with van der Waals surface area (Å²) in [6, 6.07) is 1.94. The Morgan fingerprint density at radius 2 is 2.00 bits per heavy atom. The van der Waals surface area contributed by atoms with Gasteiger partial charge in [-0.25, -0.2) is 4.98 Å². The number of nitrogens with two attached hydrogens (primary N) is 1. The molecule has 0 unspecified atom stereocenters. The minimum atomic E-state index is -4.35. The molecule has 1 rings (SSSR count). The zero-order chi connectivity index (χ0) is 13.1. The molecular weight excluding hydrogens is 231 g/mol. The molecular formula is C11H16F3N3. The van der Waals surface area contributed by atoms with Crippen LogP contribution in [0, 0.1) is 0 Å². The fraction of sp³-hybridized carbons (Fsp3) is 0.545. The van der Waals surface area contributed by atoms with Crippen LogP contribution in [0.4, 0.5) is 19.0 Å². The Balaban J connectivity index is 2.86. The molecule has 1 heterocycles. The van der Waals surface area contributed by atoms with E-state index in [0.717, 1.165) is 18.3 Å². The SMILES string of the molecule is CC(C)(CCN)Nc1cc(C(F)(F)F)ccn1.